The van der Waals surface area contributed by atoms with E-state index in [4.69, 9.17) is 4.74 Å². The predicted molar refractivity (Wildman–Crippen MR) is 69.8 cm³/mol. The maximum Gasteiger partial charge on any atom is 0.119 e. The Morgan fingerprint density at radius 3 is 2.35 bits per heavy atom. The Hall–Kier alpha value is -1.22. The number of benzene rings is 1. The lowest BCUT2D eigenvalue weighted by Crippen LogP contribution is -2.43. The van der Waals surface area contributed by atoms with E-state index < -0.39 is 0 Å². The first-order valence-corrected chi connectivity index (χ1v) is 6.64. The summed E-state index contributed by atoms with van der Waals surface area (Å²) in [5.74, 6) is 1.02. The quantitative estimate of drug-likeness (QED) is 0.863. The van der Waals surface area contributed by atoms with Gasteiger partial charge in [-0.1, -0.05) is 0 Å². The highest BCUT2D eigenvalue weighted by Gasteiger charge is 2.19. The molecule has 1 N–H and O–H groups in total. The molecule has 1 aromatic carbocycles. The topological polar surface area (TPSA) is 24.5 Å². The van der Waals surface area contributed by atoms with Crippen LogP contribution in [0, 0.1) is 0 Å². The van der Waals surface area contributed by atoms with Crippen LogP contribution in [0.2, 0.25) is 0 Å². The zero-order valence-electron chi connectivity index (χ0n) is 10.2. The van der Waals surface area contributed by atoms with E-state index >= 15 is 0 Å². The first-order chi connectivity index (χ1) is 8.42. The van der Waals surface area contributed by atoms with Crippen LogP contribution < -0.4 is 15.0 Å². The maximum atomic E-state index is 5.86. The molecular formula is C14H20N2O. The molecular weight excluding hydrogens is 212 g/mol. The highest BCUT2D eigenvalue weighted by molar-refractivity contribution is 5.49. The second-order valence-corrected chi connectivity index (χ2v) is 4.90. The monoisotopic (exact) mass is 232 g/mol. The molecule has 0 aromatic heterocycles. The van der Waals surface area contributed by atoms with E-state index in [0.29, 0.717) is 6.10 Å². The number of nitrogens with one attached hydrogen (secondary N) is 1. The van der Waals surface area contributed by atoms with E-state index in [1.54, 1.807) is 0 Å². The fourth-order valence-corrected chi connectivity index (χ4v) is 2.34. The number of ether oxygens (including phenoxy) is 1. The van der Waals surface area contributed by atoms with Crippen molar-refractivity contribution in [2.24, 2.45) is 0 Å². The molecule has 1 aromatic rings. The van der Waals surface area contributed by atoms with Crippen molar-refractivity contribution in [3.63, 3.8) is 0 Å². The minimum absolute atomic E-state index is 0.472. The van der Waals surface area contributed by atoms with Gasteiger partial charge in [0.15, 0.2) is 0 Å². The summed E-state index contributed by atoms with van der Waals surface area (Å²) in [6.45, 7) is 4.37. The summed E-state index contributed by atoms with van der Waals surface area (Å²) in [6, 6.07) is 8.57. The van der Waals surface area contributed by atoms with Gasteiger partial charge in [0, 0.05) is 31.9 Å². The molecule has 1 aliphatic heterocycles. The summed E-state index contributed by atoms with van der Waals surface area (Å²) in [4.78, 5) is 2.42. The van der Waals surface area contributed by atoms with Crippen LogP contribution in [0.25, 0.3) is 0 Å². The third-order valence-electron chi connectivity index (χ3n) is 3.67. The van der Waals surface area contributed by atoms with Crippen molar-refractivity contribution in [3.8, 4) is 5.75 Å². The summed E-state index contributed by atoms with van der Waals surface area (Å²) in [5, 5.41) is 3.37. The molecule has 0 unspecified atom stereocenters. The van der Waals surface area contributed by atoms with Crippen LogP contribution >= 0.6 is 0 Å². The summed E-state index contributed by atoms with van der Waals surface area (Å²) < 4.78 is 5.86. The fraction of sp³-hybridized carbons (Fsp3) is 0.571. The van der Waals surface area contributed by atoms with Crippen LogP contribution in [0.15, 0.2) is 24.3 Å². The van der Waals surface area contributed by atoms with Crippen molar-refractivity contribution < 1.29 is 4.74 Å². The van der Waals surface area contributed by atoms with Gasteiger partial charge < -0.3 is 15.0 Å². The molecule has 2 aliphatic rings. The zero-order chi connectivity index (χ0) is 11.5. The third-order valence-corrected chi connectivity index (χ3v) is 3.67. The molecule has 0 bridgehead atoms. The fourth-order valence-electron chi connectivity index (χ4n) is 2.34. The number of anilines is 1. The van der Waals surface area contributed by atoms with E-state index in [1.165, 1.54) is 24.9 Å². The Morgan fingerprint density at radius 1 is 1.06 bits per heavy atom. The Balaban J connectivity index is 1.62. The number of piperazine rings is 1. The highest BCUT2D eigenvalue weighted by atomic mass is 16.5. The number of rotatable bonds is 3. The Morgan fingerprint density at radius 2 is 1.76 bits per heavy atom. The first kappa shape index (κ1) is 10.9. The molecule has 0 spiro atoms. The highest BCUT2D eigenvalue weighted by Crippen LogP contribution is 2.26. The summed E-state index contributed by atoms with van der Waals surface area (Å²) in [7, 11) is 0. The van der Waals surface area contributed by atoms with E-state index in [0.717, 1.165) is 31.9 Å². The van der Waals surface area contributed by atoms with Gasteiger partial charge in [-0.2, -0.15) is 0 Å². The summed E-state index contributed by atoms with van der Waals surface area (Å²) in [6.07, 6.45) is 4.24. The molecule has 3 nitrogen and oxygen atoms in total. The Labute approximate surface area is 103 Å². The summed E-state index contributed by atoms with van der Waals surface area (Å²) >= 11 is 0. The van der Waals surface area contributed by atoms with Gasteiger partial charge in [0.25, 0.3) is 0 Å². The first-order valence-electron chi connectivity index (χ1n) is 6.64. The molecule has 17 heavy (non-hydrogen) atoms. The smallest absolute Gasteiger partial charge is 0.119 e. The molecule has 0 atom stereocenters. The molecule has 3 heteroatoms. The largest absolute Gasteiger partial charge is 0.490 e. The predicted octanol–water partition coefficient (Wildman–Crippen LogP) is 2.03. The molecule has 0 amide bonds. The molecule has 0 radical (unpaired) electrons. The van der Waals surface area contributed by atoms with Crippen molar-refractivity contribution in [1.29, 1.82) is 0 Å². The molecule has 1 saturated heterocycles. The van der Waals surface area contributed by atoms with Gasteiger partial charge in [-0.25, -0.2) is 0 Å². The lowest BCUT2D eigenvalue weighted by Gasteiger charge is -2.30. The van der Waals surface area contributed by atoms with E-state index in [2.05, 4.69) is 34.5 Å². The van der Waals surface area contributed by atoms with Crippen LogP contribution in [0.3, 0.4) is 0 Å². The Kier molecular flexibility index (Phi) is 3.18. The minimum Gasteiger partial charge on any atom is -0.490 e. The molecule has 1 saturated carbocycles. The van der Waals surface area contributed by atoms with Crippen LogP contribution in [0.1, 0.15) is 19.3 Å². The number of nitrogens with zero attached hydrogens (tertiary/aromatic N) is 1. The second-order valence-electron chi connectivity index (χ2n) is 4.90. The van der Waals surface area contributed by atoms with Gasteiger partial charge in [0.05, 0.1) is 6.10 Å². The van der Waals surface area contributed by atoms with E-state index in [9.17, 15) is 0 Å². The van der Waals surface area contributed by atoms with Gasteiger partial charge in [-0.3, -0.25) is 0 Å². The van der Waals surface area contributed by atoms with E-state index in [-0.39, 0.29) is 0 Å². The number of hydrogen-bond donors (Lipinski definition) is 1. The lowest BCUT2D eigenvalue weighted by atomic mass is 9.96. The molecule has 1 heterocycles. The van der Waals surface area contributed by atoms with Gasteiger partial charge in [-0.15, -0.1) is 0 Å². The maximum absolute atomic E-state index is 5.86. The molecule has 1 aliphatic carbocycles. The average Bonchev–Trinajstić information content (AvgIpc) is 2.36. The number of hydrogen-bond acceptors (Lipinski definition) is 3. The van der Waals surface area contributed by atoms with Crippen molar-refractivity contribution in [2.75, 3.05) is 31.1 Å². The SMILES string of the molecule is c1cc(N2CCNCC2)ccc1OC1CCC1. The molecule has 3 rings (SSSR count). The van der Waals surface area contributed by atoms with Crippen LogP contribution in [0.4, 0.5) is 5.69 Å². The van der Waals surface area contributed by atoms with Gasteiger partial charge >= 0.3 is 0 Å². The van der Waals surface area contributed by atoms with Gasteiger partial charge in [0.2, 0.25) is 0 Å². The lowest BCUT2D eigenvalue weighted by molar-refractivity contribution is 0.120. The average molecular weight is 232 g/mol. The third kappa shape index (κ3) is 2.55. The van der Waals surface area contributed by atoms with Crippen LogP contribution in [-0.4, -0.2) is 32.3 Å². The van der Waals surface area contributed by atoms with Crippen molar-refractivity contribution in [2.45, 2.75) is 25.4 Å². The molecule has 2 fully saturated rings. The minimum atomic E-state index is 0.472. The normalized spacial score (nSPS) is 21.1. The zero-order valence-corrected chi connectivity index (χ0v) is 10.2. The standard InChI is InChI=1S/C14H20N2O/c1-2-13(3-1)17-14-6-4-12(5-7-14)16-10-8-15-9-11-16/h4-7,13,15H,1-3,8-11H2. The van der Waals surface area contributed by atoms with Crippen molar-refractivity contribution in [1.82, 2.24) is 5.32 Å². The Bertz CT molecular complexity index is 353. The molecule has 92 valence electrons. The second kappa shape index (κ2) is 4.96. The van der Waals surface area contributed by atoms with Gasteiger partial charge in [0.1, 0.15) is 5.75 Å². The van der Waals surface area contributed by atoms with Crippen LogP contribution in [0.5, 0.6) is 5.75 Å². The van der Waals surface area contributed by atoms with Crippen molar-refractivity contribution >= 4 is 5.69 Å². The summed E-state index contributed by atoms with van der Waals surface area (Å²) in [5.41, 5.74) is 1.31. The van der Waals surface area contributed by atoms with Crippen LogP contribution in [-0.2, 0) is 0 Å². The van der Waals surface area contributed by atoms with E-state index in [1.807, 2.05) is 0 Å². The van der Waals surface area contributed by atoms with Crippen molar-refractivity contribution in [3.05, 3.63) is 24.3 Å². The van der Waals surface area contributed by atoms with Gasteiger partial charge in [-0.05, 0) is 43.5 Å².